The van der Waals surface area contributed by atoms with Crippen molar-refractivity contribution < 1.29 is 14.0 Å². The number of aromatic nitrogens is 1. The maximum absolute atomic E-state index is 13.2. The summed E-state index contributed by atoms with van der Waals surface area (Å²) in [6, 6.07) is 9.69. The first-order chi connectivity index (χ1) is 14.1. The van der Waals surface area contributed by atoms with Crippen LogP contribution in [0.2, 0.25) is 0 Å². The molecule has 1 aliphatic rings. The maximum atomic E-state index is 13.2. The summed E-state index contributed by atoms with van der Waals surface area (Å²) in [7, 11) is 0. The molecule has 0 spiro atoms. The van der Waals surface area contributed by atoms with Crippen LogP contribution < -0.4 is 0 Å². The van der Waals surface area contributed by atoms with Crippen molar-refractivity contribution in [2.45, 2.75) is 39.5 Å². The molecule has 1 aromatic carbocycles. The number of fused-ring (bicyclic) bond motifs is 1. The first kappa shape index (κ1) is 19.4. The van der Waals surface area contributed by atoms with Crippen LogP contribution >= 0.6 is 0 Å². The molecule has 3 aromatic rings. The number of likely N-dealkylation sites (tertiary alicyclic amines) is 1. The van der Waals surface area contributed by atoms with Gasteiger partial charge in [-0.15, -0.1) is 0 Å². The number of hydrogen-bond acceptors (Lipinski definition) is 4. The van der Waals surface area contributed by atoms with Crippen molar-refractivity contribution >= 4 is 22.7 Å². The van der Waals surface area contributed by atoms with Crippen molar-refractivity contribution in [3.8, 4) is 0 Å². The minimum Gasteiger partial charge on any atom is -0.451 e. The van der Waals surface area contributed by atoms with Crippen LogP contribution in [0.1, 0.15) is 58.2 Å². The third-order valence-electron chi connectivity index (χ3n) is 5.76. The number of carbonyl (C=O) groups is 2. The normalized spacial score (nSPS) is 16.9. The van der Waals surface area contributed by atoms with E-state index in [1.807, 2.05) is 13.0 Å². The fourth-order valence-corrected chi connectivity index (χ4v) is 4.18. The molecular formula is C24H26N2O3. The van der Waals surface area contributed by atoms with E-state index in [1.54, 1.807) is 29.4 Å². The van der Waals surface area contributed by atoms with Crippen molar-refractivity contribution in [3.05, 3.63) is 65.2 Å². The van der Waals surface area contributed by atoms with Gasteiger partial charge in [-0.2, -0.15) is 0 Å². The van der Waals surface area contributed by atoms with E-state index in [4.69, 9.17) is 4.42 Å². The molecule has 1 saturated heterocycles. The number of furan rings is 1. The lowest BCUT2D eigenvalue weighted by molar-refractivity contribution is 0.0611. The number of hydrogen-bond donors (Lipinski definition) is 0. The lowest BCUT2D eigenvalue weighted by Gasteiger charge is -2.31. The second-order valence-electron chi connectivity index (χ2n) is 7.83. The van der Waals surface area contributed by atoms with Crippen LogP contribution in [-0.2, 0) is 6.42 Å². The van der Waals surface area contributed by atoms with Gasteiger partial charge in [-0.1, -0.05) is 19.4 Å². The van der Waals surface area contributed by atoms with Crippen molar-refractivity contribution in [1.29, 1.82) is 0 Å². The Morgan fingerprint density at radius 1 is 1.28 bits per heavy atom. The Labute approximate surface area is 170 Å². The topological polar surface area (TPSA) is 63.4 Å². The quantitative estimate of drug-likeness (QED) is 0.586. The summed E-state index contributed by atoms with van der Waals surface area (Å²) >= 11 is 0. The highest BCUT2D eigenvalue weighted by Crippen LogP contribution is 2.29. The number of Topliss-reactive ketones (excluding diaryl/α,β-unsaturated/α-hetero) is 1. The summed E-state index contributed by atoms with van der Waals surface area (Å²) in [5.41, 5.74) is 3.48. The van der Waals surface area contributed by atoms with Crippen LogP contribution in [-0.4, -0.2) is 34.7 Å². The molecule has 3 heterocycles. The van der Waals surface area contributed by atoms with Gasteiger partial charge in [-0.3, -0.25) is 14.6 Å². The number of carbonyl (C=O) groups excluding carboxylic acids is 2. The molecule has 0 aliphatic carbocycles. The molecule has 5 nitrogen and oxygen atoms in total. The average Bonchev–Trinajstić information content (AvgIpc) is 3.09. The molecule has 2 aromatic heterocycles. The molecule has 1 fully saturated rings. The number of aryl methyl sites for hydroxylation is 2. The van der Waals surface area contributed by atoms with Gasteiger partial charge in [-0.05, 0) is 56.0 Å². The summed E-state index contributed by atoms with van der Waals surface area (Å²) in [4.78, 5) is 31.8. The largest absolute Gasteiger partial charge is 0.451 e. The maximum Gasteiger partial charge on any atom is 0.289 e. The molecule has 0 radical (unpaired) electrons. The van der Waals surface area contributed by atoms with E-state index in [0.29, 0.717) is 24.4 Å². The molecule has 0 saturated carbocycles. The number of benzene rings is 1. The number of rotatable bonds is 5. The van der Waals surface area contributed by atoms with Crippen molar-refractivity contribution in [2.24, 2.45) is 5.92 Å². The Kier molecular flexibility index (Phi) is 5.47. The summed E-state index contributed by atoms with van der Waals surface area (Å²) in [5.74, 6) is 0.126. The number of amides is 1. The van der Waals surface area contributed by atoms with Gasteiger partial charge < -0.3 is 9.32 Å². The molecule has 5 heteroatoms. The monoisotopic (exact) mass is 390 g/mol. The third kappa shape index (κ3) is 3.82. The Morgan fingerprint density at radius 2 is 2.14 bits per heavy atom. The molecule has 0 unspecified atom stereocenters. The van der Waals surface area contributed by atoms with Crippen molar-refractivity contribution in [2.75, 3.05) is 13.1 Å². The molecule has 0 bridgehead atoms. The van der Waals surface area contributed by atoms with Crippen LogP contribution in [0.25, 0.3) is 11.0 Å². The Hall–Kier alpha value is -2.95. The SMILES string of the molecule is CCCc1ccc2oc(C(=O)N3CCC[C@@H](C(=O)c4cccnc4)C3)c(C)c2c1. The third-order valence-corrected chi connectivity index (χ3v) is 5.76. The Morgan fingerprint density at radius 3 is 2.90 bits per heavy atom. The molecular weight excluding hydrogens is 364 g/mol. The second-order valence-corrected chi connectivity index (χ2v) is 7.83. The highest BCUT2D eigenvalue weighted by molar-refractivity contribution is 6.01. The zero-order valence-corrected chi connectivity index (χ0v) is 17.0. The number of nitrogens with zero attached hydrogens (tertiary/aromatic N) is 2. The zero-order chi connectivity index (χ0) is 20.4. The van der Waals surface area contributed by atoms with Crippen LogP contribution in [0.15, 0.2) is 47.1 Å². The minimum absolute atomic E-state index is 0.0566. The highest BCUT2D eigenvalue weighted by Gasteiger charge is 2.31. The lowest BCUT2D eigenvalue weighted by atomic mass is 9.90. The van der Waals surface area contributed by atoms with Gasteiger partial charge in [0, 0.05) is 47.9 Å². The van der Waals surface area contributed by atoms with E-state index in [0.717, 1.165) is 42.2 Å². The smallest absolute Gasteiger partial charge is 0.289 e. The van der Waals surface area contributed by atoms with E-state index in [2.05, 4.69) is 24.0 Å². The predicted molar refractivity (Wildman–Crippen MR) is 112 cm³/mol. The highest BCUT2D eigenvalue weighted by atomic mass is 16.3. The summed E-state index contributed by atoms with van der Waals surface area (Å²) in [5, 5.41) is 0.999. The minimum atomic E-state index is -0.197. The van der Waals surface area contributed by atoms with E-state index < -0.39 is 0 Å². The lowest BCUT2D eigenvalue weighted by Crippen LogP contribution is -2.42. The van der Waals surface area contributed by atoms with Gasteiger partial charge in [0.15, 0.2) is 11.5 Å². The van der Waals surface area contributed by atoms with Crippen molar-refractivity contribution in [1.82, 2.24) is 9.88 Å². The molecule has 0 N–H and O–H groups in total. The molecule has 29 heavy (non-hydrogen) atoms. The van der Waals surface area contributed by atoms with Crippen LogP contribution in [0.3, 0.4) is 0 Å². The standard InChI is InChI=1S/C24H26N2O3/c1-3-6-17-9-10-21-20(13-17)16(2)23(29-21)24(28)26-12-5-8-19(15-26)22(27)18-7-4-11-25-14-18/h4,7,9-11,13-14,19H,3,5-6,8,12,15H2,1-2H3/t19-/m1/s1. The first-order valence-corrected chi connectivity index (χ1v) is 10.3. The van der Waals surface area contributed by atoms with E-state index in [1.165, 1.54) is 5.56 Å². The molecule has 1 amide bonds. The molecule has 150 valence electrons. The van der Waals surface area contributed by atoms with Gasteiger partial charge in [0.2, 0.25) is 0 Å². The van der Waals surface area contributed by atoms with Crippen LogP contribution in [0.4, 0.5) is 0 Å². The summed E-state index contributed by atoms with van der Waals surface area (Å²) in [6.07, 6.45) is 6.94. The van der Waals surface area contributed by atoms with Crippen LogP contribution in [0, 0.1) is 12.8 Å². The van der Waals surface area contributed by atoms with Crippen molar-refractivity contribution in [3.63, 3.8) is 0 Å². The number of ketones is 1. The van der Waals surface area contributed by atoms with Gasteiger partial charge in [-0.25, -0.2) is 0 Å². The van der Waals surface area contributed by atoms with Gasteiger partial charge in [0.25, 0.3) is 5.91 Å². The molecule has 1 aliphatic heterocycles. The van der Waals surface area contributed by atoms with Gasteiger partial charge in [0.1, 0.15) is 5.58 Å². The average molecular weight is 390 g/mol. The van der Waals surface area contributed by atoms with Crippen LogP contribution in [0.5, 0.6) is 0 Å². The van der Waals surface area contributed by atoms with E-state index >= 15 is 0 Å². The predicted octanol–water partition coefficient (Wildman–Crippen LogP) is 4.82. The summed E-state index contributed by atoms with van der Waals surface area (Å²) in [6.45, 7) is 5.16. The zero-order valence-electron chi connectivity index (χ0n) is 17.0. The van der Waals surface area contributed by atoms with E-state index in [9.17, 15) is 9.59 Å². The van der Waals surface area contributed by atoms with E-state index in [-0.39, 0.29) is 17.6 Å². The van der Waals surface area contributed by atoms with Gasteiger partial charge >= 0.3 is 0 Å². The Bertz CT molecular complexity index is 1040. The Balaban J connectivity index is 1.56. The van der Waals surface area contributed by atoms with Gasteiger partial charge in [0.05, 0.1) is 0 Å². The molecule has 1 atom stereocenters. The first-order valence-electron chi connectivity index (χ1n) is 10.3. The fourth-order valence-electron chi connectivity index (χ4n) is 4.18. The second kappa shape index (κ2) is 8.19. The molecule has 4 rings (SSSR count). The number of pyridine rings is 1. The fraction of sp³-hybridized carbons (Fsp3) is 0.375. The summed E-state index contributed by atoms with van der Waals surface area (Å²) < 4.78 is 5.94. The number of piperidine rings is 1.